The fraction of sp³-hybridized carbons (Fsp3) is 0.368. The number of furan rings is 1. The first-order valence-corrected chi connectivity index (χ1v) is 8.33. The van der Waals surface area contributed by atoms with Gasteiger partial charge in [0, 0.05) is 6.61 Å². The molecule has 1 aliphatic heterocycles. The van der Waals surface area contributed by atoms with Crippen molar-refractivity contribution in [3.8, 4) is 11.6 Å². The van der Waals surface area contributed by atoms with Crippen LogP contribution in [0.15, 0.2) is 47.1 Å². The Bertz CT molecular complexity index is 830. The number of rotatable bonds is 4. The second-order valence-electron chi connectivity index (χ2n) is 6.50. The average molecular weight is 323 g/mol. The van der Waals surface area contributed by atoms with Crippen molar-refractivity contribution in [3.05, 3.63) is 59.6 Å². The molecule has 1 aliphatic rings. The fourth-order valence-corrected chi connectivity index (χ4v) is 3.26. The Morgan fingerprint density at radius 2 is 2.08 bits per heavy atom. The molecule has 1 atom stereocenters. The van der Waals surface area contributed by atoms with Crippen LogP contribution in [0, 0.1) is 6.92 Å². The predicted molar refractivity (Wildman–Crippen MR) is 90.5 cm³/mol. The first kappa shape index (κ1) is 15.1. The Kier molecular flexibility index (Phi) is 3.73. The van der Waals surface area contributed by atoms with E-state index < -0.39 is 0 Å². The van der Waals surface area contributed by atoms with E-state index >= 15 is 0 Å². The van der Waals surface area contributed by atoms with Crippen LogP contribution in [0.3, 0.4) is 0 Å². The van der Waals surface area contributed by atoms with Gasteiger partial charge in [-0.2, -0.15) is 0 Å². The highest BCUT2D eigenvalue weighted by molar-refractivity contribution is 5.46. The van der Waals surface area contributed by atoms with Crippen molar-refractivity contribution in [1.82, 2.24) is 14.8 Å². The van der Waals surface area contributed by atoms with Crippen molar-refractivity contribution in [3.63, 3.8) is 0 Å². The third-order valence-electron chi connectivity index (χ3n) is 4.69. The topological polar surface area (TPSA) is 53.1 Å². The Morgan fingerprint density at radius 3 is 2.79 bits per heavy atom. The number of benzene rings is 1. The van der Waals surface area contributed by atoms with E-state index in [4.69, 9.17) is 19.2 Å². The molecule has 0 spiro atoms. The van der Waals surface area contributed by atoms with Gasteiger partial charge in [0.15, 0.2) is 11.6 Å². The Morgan fingerprint density at radius 1 is 1.21 bits per heavy atom. The molecule has 1 aromatic carbocycles. The van der Waals surface area contributed by atoms with Gasteiger partial charge in [0.05, 0.1) is 12.8 Å². The van der Waals surface area contributed by atoms with Gasteiger partial charge in [0.1, 0.15) is 5.60 Å². The van der Waals surface area contributed by atoms with E-state index in [-0.39, 0.29) is 5.60 Å². The van der Waals surface area contributed by atoms with E-state index in [0.29, 0.717) is 18.1 Å². The highest BCUT2D eigenvalue weighted by Gasteiger charge is 2.37. The van der Waals surface area contributed by atoms with E-state index in [1.54, 1.807) is 6.26 Å². The molecule has 0 aliphatic carbocycles. The zero-order valence-electron chi connectivity index (χ0n) is 14.0. The number of nitrogens with zero attached hydrogens (tertiary/aromatic N) is 3. The van der Waals surface area contributed by atoms with Crippen LogP contribution in [0.2, 0.25) is 0 Å². The predicted octanol–water partition coefficient (Wildman–Crippen LogP) is 3.92. The summed E-state index contributed by atoms with van der Waals surface area (Å²) < 4.78 is 13.5. The van der Waals surface area contributed by atoms with Crippen LogP contribution in [-0.2, 0) is 16.9 Å². The van der Waals surface area contributed by atoms with E-state index in [1.807, 2.05) is 16.8 Å². The summed E-state index contributed by atoms with van der Waals surface area (Å²) in [5.74, 6) is 2.16. The molecule has 2 aromatic heterocycles. The van der Waals surface area contributed by atoms with Crippen LogP contribution in [0.4, 0.5) is 0 Å². The normalized spacial score (nSPS) is 20.6. The second kappa shape index (κ2) is 5.91. The minimum atomic E-state index is -0.388. The van der Waals surface area contributed by atoms with Gasteiger partial charge in [0.2, 0.25) is 5.82 Å². The molecule has 24 heavy (non-hydrogen) atoms. The summed E-state index contributed by atoms with van der Waals surface area (Å²) in [7, 11) is 0. The number of aromatic nitrogens is 3. The van der Waals surface area contributed by atoms with Gasteiger partial charge in [-0.25, -0.2) is 9.67 Å². The van der Waals surface area contributed by atoms with Gasteiger partial charge in [-0.1, -0.05) is 24.3 Å². The van der Waals surface area contributed by atoms with Crippen LogP contribution >= 0.6 is 0 Å². The molecular formula is C19H21N3O2. The standard InChI is InChI=1S/C19H21N3O2/c1-14-7-3-4-8-15(14)13-22-18(19(2)10-6-12-24-19)20-17(21-22)16-9-5-11-23-16/h3-5,7-9,11H,6,10,12-13H2,1-2H3. The monoisotopic (exact) mass is 323 g/mol. The Hall–Kier alpha value is -2.40. The van der Waals surface area contributed by atoms with Gasteiger partial charge in [-0.3, -0.25) is 0 Å². The van der Waals surface area contributed by atoms with Crippen molar-refractivity contribution < 1.29 is 9.15 Å². The van der Waals surface area contributed by atoms with Gasteiger partial charge < -0.3 is 9.15 Å². The summed E-state index contributed by atoms with van der Waals surface area (Å²) >= 11 is 0. The van der Waals surface area contributed by atoms with Crippen LogP contribution in [-0.4, -0.2) is 21.4 Å². The number of aryl methyl sites for hydroxylation is 1. The molecular weight excluding hydrogens is 302 g/mol. The van der Waals surface area contributed by atoms with Gasteiger partial charge in [-0.15, -0.1) is 5.10 Å². The van der Waals surface area contributed by atoms with E-state index in [0.717, 1.165) is 25.3 Å². The fourth-order valence-electron chi connectivity index (χ4n) is 3.26. The molecule has 3 heterocycles. The Balaban J connectivity index is 1.78. The van der Waals surface area contributed by atoms with Crippen LogP contribution in [0.25, 0.3) is 11.6 Å². The number of ether oxygens (including phenoxy) is 1. The van der Waals surface area contributed by atoms with Crippen molar-refractivity contribution in [1.29, 1.82) is 0 Å². The molecule has 5 heteroatoms. The quantitative estimate of drug-likeness (QED) is 0.730. The second-order valence-corrected chi connectivity index (χ2v) is 6.50. The van der Waals surface area contributed by atoms with Gasteiger partial charge >= 0.3 is 0 Å². The zero-order chi connectivity index (χ0) is 16.6. The largest absolute Gasteiger partial charge is 0.461 e. The van der Waals surface area contributed by atoms with Crippen molar-refractivity contribution in [2.24, 2.45) is 0 Å². The smallest absolute Gasteiger partial charge is 0.217 e. The zero-order valence-corrected chi connectivity index (χ0v) is 14.0. The first-order chi connectivity index (χ1) is 11.7. The molecule has 0 radical (unpaired) electrons. The summed E-state index contributed by atoms with van der Waals surface area (Å²) in [5, 5.41) is 4.71. The minimum Gasteiger partial charge on any atom is -0.461 e. The molecule has 1 fully saturated rings. The third kappa shape index (κ3) is 2.65. The minimum absolute atomic E-state index is 0.388. The Labute approximate surface area is 141 Å². The summed E-state index contributed by atoms with van der Waals surface area (Å²) in [6.07, 6.45) is 3.64. The lowest BCUT2D eigenvalue weighted by Gasteiger charge is -2.22. The molecule has 1 unspecified atom stereocenters. The van der Waals surface area contributed by atoms with E-state index in [2.05, 4.69) is 38.1 Å². The molecule has 0 bridgehead atoms. The number of hydrogen-bond donors (Lipinski definition) is 0. The lowest BCUT2D eigenvalue weighted by atomic mass is 10.0. The van der Waals surface area contributed by atoms with Gasteiger partial charge in [-0.05, 0) is 49.9 Å². The summed E-state index contributed by atoms with van der Waals surface area (Å²) in [6.45, 7) is 5.66. The first-order valence-electron chi connectivity index (χ1n) is 8.33. The lowest BCUT2D eigenvalue weighted by Crippen LogP contribution is -2.26. The summed E-state index contributed by atoms with van der Waals surface area (Å²) in [6, 6.07) is 12.1. The molecule has 1 saturated heterocycles. The van der Waals surface area contributed by atoms with Crippen molar-refractivity contribution >= 4 is 0 Å². The van der Waals surface area contributed by atoms with E-state index in [1.165, 1.54) is 11.1 Å². The molecule has 0 N–H and O–H groups in total. The molecule has 3 aromatic rings. The third-order valence-corrected chi connectivity index (χ3v) is 4.69. The van der Waals surface area contributed by atoms with Crippen LogP contribution < -0.4 is 0 Å². The summed E-state index contributed by atoms with van der Waals surface area (Å²) in [5.41, 5.74) is 2.09. The summed E-state index contributed by atoms with van der Waals surface area (Å²) in [4.78, 5) is 4.77. The SMILES string of the molecule is Cc1ccccc1Cn1nc(-c2ccco2)nc1C1(C)CCCO1. The molecule has 5 nitrogen and oxygen atoms in total. The number of hydrogen-bond acceptors (Lipinski definition) is 4. The lowest BCUT2D eigenvalue weighted by molar-refractivity contribution is 0.00601. The van der Waals surface area contributed by atoms with Crippen LogP contribution in [0.1, 0.15) is 36.7 Å². The van der Waals surface area contributed by atoms with Crippen LogP contribution in [0.5, 0.6) is 0 Å². The van der Waals surface area contributed by atoms with Gasteiger partial charge in [0.25, 0.3) is 0 Å². The highest BCUT2D eigenvalue weighted by atomic mass is 16.5. The maximum atomic E-state index is 6.01. The molecule has 4 rings (SSSR count). The van der Waals surface area contributed by atoms with Crippen molar-refractivity contribution in [2.45, 2.75) is 38.8 Å². The van der Waals surface area contributed by atoms with E-state index in [9.17, 15) is 0 Å². The highest BCUT2D eigenvalue weighted by Crippen LogP contribution is 2.35. The molecule has 0 saturated carbocycles. The maximum absolute atomic E-state index is 6.01. The molecule has 124 valence electrons. The van der Waals surface area contributed by atoms with Crippen molar-refractivity contribution in [2.75, 3.05) is 6.61 Å². The maximum Gasteiger partial charge on any atom is 0.217 e. The molecule has 0 amide bonds. The average Bonchev–Trinajstić information content (AvgIpc) is 3.30.